The van der Waals surface area contributed by atoms with Crippen LogP contribution in [0.4, 0.5) is 5.69 Å². The van der Waals surface area contributed by atoms with Crippen molar-refractivity contribution in [3.63, 3.8) is 0 Å². The Balaban J connectivity index is 1.83. The van der Waals surface area contributed by atoms with Crippen molar-refractivity contribution in [2.45, 2.75) is 50.6 Å². The van der Waals surface area contributed by atoms with Gasteiger partial charge in [-0.15, -0.1) is 0 Å². The second kappa shape index (κ2) is 16.8. The first-order valence-electron chi connectivity index (χ1n) is 15.3. The Hall–Kier alpha value is -3.86. The van der Waals surface area contributed by atoms with E-state index in [0.29, 0.717) is 6.54 Å². The normalized spacial score (nSPS) is 11.9. The van der Waals surface area contributed by atoms with Crippen molar-refractivity contribution < 1.29 is 22.7 Å². The first-order chi connectivity index (χ1) is 22.5. The van der Waals surface area contributed by atoms with Gasteiger partial charge in [-0.1, -0.05) is 101 Å². The van der Waals surface area contributed by atoms with Crippen LogP contribution in [0.5, 0.6) is 5.75 Å². The van der Waals surface area contributed by atoms with Crippen molar-refractivity contribution >= 4 is 55.1 Å². The molecule has 0 saturated heterocycles. The Morgan fingerprint density at radius 3 is 2.26 bits per heavy atom. The Labute approximate surface area is 290 Å². The number of aryl methyl sites for hydroxylation is 1. The van der Waals surface area contributed by atoms with E-state index in [0.717, 1.165) is 38.3 Å². The lowest BCUT2D eigenvalue weighted by atomic mass is 10.0. The number of benzene rings is 4. The zero-order valence-electron chi connectivity index (χ0n) is 26.7. The molecule has 0 aliphatic heterocycles. The monoisotopic (exact) mass is 739 g/mol. The van der Waals surface area contributed by atoms with Gasteiger partial charge in [0.15, 0.2) is 0 Å². The lowest BCUT2D eigenvalue weighted by Gasteiger charge is -2.34. The minimum Gasteiger partial charge on any atom is -0.495 e. The lowest BCUT2D eigenvalue weighted by molar-refractivity contribution is -0.140. The number of hydrogen-bond donors (Lipinski definition) is 1. The molecule has 1 N–H and O–H groups in total. The molecule has 0 radical (unpaired) electrons. The van der Waals surface area contributed by atoms with Gasteiger partial charge in [0.25, 0.3) is 10.0 Å². The third kappa shape index (κ3) is 9.59. The van der Waals surface area contributed by atoms with Crippen molar-refractivity contribution in [1.29, 1.82) is 0 Å². The smallest absolute Gasteiger partial charge is 0.264 e. The van der Waals surface area contributed by atoms with Crippen LogP contribution in [0.15, 0.2) is 106 Å². The van der Waals surface area contributed by atoms with Crippen molar-refractivity contribution in [1.82, 2.24) is 10.2 Å². The van der Waals surface area contributed by atoms with Crippen LogP contribution in [0.2, 0.25) is 5.02 Å². The van der Waals surface area contributed by atoms with Gasteiger partial charge < -0.3 is 15.0 Å². The highest BCUT2D eigenvalue weighted by molar-refractivity contribution is 9.10. The standard InChI is InChI=1S/C36H39BrClN3O5S/c1-4-5-21-39-36(43)33(22-27-9-7-6-8-10-27)40(24-28-13-15-29(37)16-14-28)35(42)25-41(32-23-30(38)17-20-34(32)46-3)47(44,45)31-18-11-26(2)12-19-31/h6-20,23,33H,4-5,21-22,24-25H2,1-3H3,(H,39,43). The number of rotatable bonds is 15. The van der Waals surface area contributed by atoms with Gasteiger partial charge in [-0.05, 0) is 66.9 Å². The van der Waals surface area contributed by atoms with E-state index >= 15 is 0 Å². The number of anilines is 1. The quantitative estimate of drug-likeness (QED) is 0.131. The largest absolute Gasteiger partial charge is 0.495 e. The molecule has 47 heavy (non-hydrogen) atoms. The molecule has 0 bridgehead atoms. The number of carbonyl (C=O) groups is 2. The SMILES string of the molecule is CCCCNC(=O)C(Cc1ccccc1)N(Cc1ccc(Br)cc1)C(=O)CN(c1cc(Cl)ccc1OC)S(=O)(=O)c1ccc(C)cc1. The average Bonchev–Trinajstić information content (AvgIpc) is 3.06. The number of carbonyl (C=O) groups excluding carboxylic acids is 2. The summed E-state index contributed by atoms with van der Waals surface area (Å²) in [4.78, 5) is 30.0. The summed E-state index contributed by atoms with van der Waals surface area (Å²) in [5.41, 5.74) is 2.61. The summed E-state index contributed by atoms with van der Waals surface area (Å²) in [6.45, 7) is 3.79. The zero-order valence-corrected chi connectivity index (χ0v) is 29.8. The Morgan fingerprint density at radius 2 is 1.62 bits per heavy atom. The van der Waals surface area contributed by atoms with Crippen LogP contribution in [-0.2, 0) is 32.6 Å². The Kier molecular flexibility index (Phi) is 12.9. The third-order valence-electron chi connectivity index (χ3n) is 7.66. The summed E-state index contributed by atoms with van der Waals surface area (Å²) in [5.74, 6) is -0.672. The molecule has 0 spiro atoms. The Morgan fingerprint density at radius 1 is 0.936 bits per heavy atom. The number of halogens is 2. The Bertz CT molecular complexity index is 1750. The fourth-order valence-corrected chi connectivity index (χ4v) is 6.90. The van der Waals surface area contributed by atoms with Crippen LogP contribution >= 0.6 is 27.5 Å². The number of hydrogen-bond acceptors (Lipinski definition) is 5. The molecule has 0 aliphatic carbocycles. The highest BCUT2D eigenvalue weighted by Gasteiger charge is 2.35. The van der Waals surface area contributed by atoms with Gasteiger partial charge in [0.1, 0.15) is 18.3 Å². The van der Waals surface area contributed by atoms with E-state index in [-0.39, 0.29) is 40.2 Å². The molecule has 0 saturated carbocycles. The van der Waals surface area contributed by atoms with Gasteiger partial charge in [0.05, 0.1) is 17.7 Å². The number of methoxy groups -OCH3 is 1. The molecule has 0 aromatic heterocycles. The first-order valence-corrected chi connectivity index (χ1v) is 17.9. The first kappa shape index (κ1) is 36.0. The minimum absolute atomic E-state index is 0.00414. The average molecular weight is 741 g/mol. The number of ether oxygens (including phenoxy) is 1. The maximum Gasteiger partial charge on any atom is 0.264 e. The summed E-state index contributed by atoms with van der Waals surface area (Å²) in [7, 11) is -2.89. The fraction of sp³-hybridized carbons (Fsp3) is 0.278. The molecule has 1 atom stereocenters. The fourth-order valence-electron chi connectivity index (χ4n) is 5.06. The number of nitrogens with one attached hydrogen (secondary N) is 1. The third-order valence-corrected chi connectivity index (χ3v) is 10.2. The van der Waals surface area contributed by atoms with E-state index in [2.05, 4.69) is 21.2 Å². The second-order valence-electron chi connectivity index (χ2n) is 11.1. The topological polar surface area (TPSA) is 96.0 Å². The zero-order chi connectivity index (χ0) is 34.0. The van der Waals surface area contributed by atoms with E-state index < -0.39 is 28.5 Å². The predicted octanol–water partition coefficient (Wildman–Crippen LogP) is 7.17. The summed E-state index contributed by atoms with van der Waals surface area (Å²) in [5, 5.41) is 3.26. The van der Waals surface area contributed by atoms with Gasteiger partial charge in [-0.3, -0.25) is 13.9 Å². The number of nitrogens with zero attached hydrogens (tertiary/aromatic N) is 2. The molecule has 1 unspecified atom stereocenters. The van der Waals surface area contributed by atoms with E-state index in [1.54, 1.807) is 24.3 Å². The maximum atomic E-state index is 14.6. The van der Waals surface area contributed by atoms with Crippen LogP contribution in [0.1, 0.15) is 36.5 Å². The molecule has 4 rings (SSSR count). The van der Waals surface area contributed by atoms with Crippen LogP contribution in [0.3, 0.4) is 0 Å². The minimum atomic E-state index is -4.31. The van der Waals surface area contributed by atoms with Crippen molar-refractivity contribution in [2.24, 2.45) is 0 Å². The molecular formula is C36H39BrClN3O5S. The molecule has 4 aromatic rings. The number of amides is 2. The molecule has 0 fully saturated rings. The highest BCUT2D eigenvalue weighted by Crippen LogP contribution is 2.35. The van der Waals surface area contributed by atoms with E-state index in [1.165, 1.54) is 30.2 Å². The predicted molar refractivity (Wildman–Crippen MR) is 190 cm³/mol. The molecule has 0 heterocycles. The van der Waals surface area contributed by atoms with Gasteiger partial charge in [-0.25, -0.2) is 8.42 Å². The van der Waals surface area contributed by atoms with Gasteiger partial charge in [-0.2, -0.15) is 0 Å². The number of unbranched alkanes of at least 4 members (excludes halogenated alkanes) is 1. The molecular weight excluding hydrogens is 702 g/mol. The number of sulfonamides is 1. The van der Waals surface area contributed by atoms with E-state index in [1.807, 2.05) is 68.4 Å². The maximum absolute atomic E-state index is 14.6. The summed E-state index contributed by atoms with van der Waals surface area (Å²) in [6, 6.07) is 26.9. The summed E-state index contributed by atoms with van der Waals surface area (Å²) < 4.78 is 36.0. The van der Waals surface area contributed by atoms with Gasteiger partial charge in [0.2, 0.25) is 11.8 Å². The van der Waals surface area contributed by atoms with Crippen LogP contribution in [0, 0.1) is 6.92 Å². The second-order valence-corrected chi connectivity index (χ2v) is 14.4. The summed E-state index contributed by atoms with van der Waals surface area (Å²) >= 11 is 9.83. The molecule has 11 heteroatoms. The molecule has 8 nitrogen and oxygen atoms in total. The lowest BCUT2D eigenvalue weighted by Crippen LogP contribution is -2.53. The van der Waals surface area contributed by atoms with Crippen molar-refractivity contribution in [3.05, 3.63) is 123 Å². The molecule has 4 aromatic carbocycles. The van der Waals surface area contributed by atoms with E-state index in [9.17, 15) is 18.0 Å². The molecule has 248 valence electrons. The highest BCUT2D eigenvalue weighted by atomic mass is 79.9. The van der Waals surface area contributed by atoms with Crippen LogP contribution in [0.25, 0.3) is 0 Å². The van der Waals surface area contributed by atoms with Crippen LogP contribution < -0.4 is 14.4 Å². The van der Waals surface area contributed by atoms with E-state index in [4.69, 9.17) is 16.3 Å². The van der Waals surface area contributed by atoms with Crippen LogP contribution in [-0.4, -0.2) is 51.4 Å². The molecule has 2 amide bonds. The molecule has 0 aliphatic rings. The van der Waals surface area contributed by atoms with Crippen molar-refractivity contribution in [3.8, 4) is 5.75 Å². The summed E-state index contributed by atoms with van der Waals surface area (Å²) in [6.07, 6.45) is 1.90. The van der Waals surface area contributed by atoms with Gasteiger partial charge in [0, 0.05) is 29.0 Å². The van der Waals surface area contributed by atoms with Gasteiger partial charge >= 0.3 is 0 Å². The van der Waals surface area contributed by atoms with Crippen molar-refractivity contribution in [2.75, 3.05) is 24.5 Å².